The minimum absolute atomic E-state index is 0.0319. The fourth-order valence-corrected chi connectivity index (χ4v) is 7.07. The fraction of sp³-hybridized carbons (Fsp3) is 0.816. The number of aliphatic carboxylic acids is 1. The third-order valence-electron chi connectivity index (χ3n) is 10.7. The van der Waals surface area contributed by atoms with Crippen molar-refractivity contribution in [1.82, 2.24) is 5.32 Å². The number of carbonyl (C=O) groups is 3. The van der Waals surface area contributed by atoms with Gasteiger partial charge in [-0.05, 0) is 109 Å². The molecule has 2 unspecified atom stereocenters. The van der Waals surface area contributed by atoms with E-state index in [0.29, 0.717) is 32.2 Å². The van der Waals surface area contributed by atoms with E-state index in [1.54, 1.807) is 0 Å². The molecule has 0 saturated heterocycles. The number of ether oxygens (including phenoxy) is 1. The largest absolute Gasteiger partial charge is 0.480 e. The molecule has 326 valence electrons. The van der Waals surface area contributed by atoms with Crippen molar-refractivity contribution in [1.29, 1.82) is 0 Å². The van der Waals surface area contributed by atoms with Gasteiger partial charge in [0, 0.05) is 12.8 Å². The van der Waals surface area contributed by atoms with Gasteiger partial charge in [0.25, 0.3) is 0 Å². The van der Waals surface area contributed by atoms with Crippen molar-refractivity contribution >= 4 is 17.8 Å². The van der Waals surface area contributed by atoms with E-state index in [4.69, 9.17) is 10.5 Å². The van der Waals surface area contributed by atoms with Crippen LogP contribution in [-0.2, 0) is 19.1 Å². The van der Waals surface area contributed by atoms with Gasteiger partial charge >= 0.3 is 11.9 Å². The van der Waals surface area contributed by atoms with Gasteiger partial charge in [0.05, 0.1) is 0 Å². The number of esters is 1. The Bertz CT molecular complexity index is 978. The number of amides is 1. The van der Waals surface area contributed by atoms with Gasteiger partial charge in [-0.1, -0.05) is 159 Å². The van der Waals surface area contributed by atoms with Gasteiger partial charge in [-0.15, -0.1) is 0 Å². The Balaban J connectivity index is 4.35. The number of rotatable bonds is 43. The second kappa shape index (κ2) is 43.7. The molecule has 2 atom stereocenters. The van der Waals surface area contributed by atoms with E-state index in [1.165, 1.54) is 122 Å². The third-order valence-corrected chi connectivity index (χ3v) is 10.7. The van der Waals surface area contributed by atoms with Crippen molar-refractivity contribution < 1.29 is 24.2 Å². The normalized spacial score (nSPS) is 12.9. The Morgan fingerprint density at radius 2 is 0.946 bits per heavy atom. The minimum atomic E-state index is -1.01. The molecular formula is C49H90N2O5. The molecule has 0 aromatic heterocycles. The topological polar surface area (TPSA) is 119 Å². The molecule has 4 N–H and O–H groups in total. The Kier molecular flexibility index (Phi) is 41.8. The Labute approximate surface area is 345 Å². The summed E-state index contributed by atoms with van der Waals surface area (Å²) in [4.78, 5) is 36.4. The zero-order valence-corrected chi connectivity index (χ0v) is 36.7. The molecule has 7 nitrogen and oxygen atoms in total. The summed E-state index contributed by atoms with van der Waals surface area (Å²) in [7, 11) is 0. The van der Waals surface area contributed by atoms with Crippen molar-refractivity contribution in [2.75, 3.05) is 6.54 Å². The predicted molar refractivity (Wildman–Crippen MR) is 239 cm³/mol. The molecule has 0 fully saturated rings. The number of allylic oxidation sites excluding steroid dienone is 6. The lowest BCUT2D eigenvalue weighted by molar-refractivity contribution is -0.150. The molecule has 0 rings (SSSR count). The van der Waals surface area contributed by atoms with Gasteiger partial charge in [-0.2, -0.15) is 0 Å². The lowest BCUT2D eigenvalue weighted by atomic mass is 10.0. The molecule has 0 bridgehead atoms. The van der Waals surface area contributed by atoms with Crippen LogP contribution in [0.5, 0.6) is 0 Å². The van der Waals surface area contributed by atoms with Gasteiger partial charge in [0.1, 0.15) is 12.1 Å². The lowest BCUT2D eigenvalue weighted by Crippen LogP contribution is -2.40. The second-order valence-electron chi connectivity index (χ2n) is 16.2. The van der Waals surface area contributed by atoms with E-state index in [9.17, 15) is 19.5 Å². The Morgan fingerprint density at radius 1 is 0.518 bits per heavy atom. The standard InChI is InChI=1S/C49H90N2O5/c1-3-5-7-9-11-13-15-17-18-19-20-22-24-26-28-33-37-43-48(53)56-45(39-34-30-27-25-23-21-16-14-12-10-8-6-4-2)40-35-31-29-32-36-42-47(52)51-46(49(54)55)41-38-44-50/h16-18,21,25,27,45-46H,3-15,19-20,22-24,26,28-44,50H2,1-2H3,(H,51,52)(H,54,55)/b18-17-,21-16-,27-25-. The Hall–Kier alpha value is -2.41. The highest BCUT2D eigenvalue weighted by atomic mass is 16.5. The van der Waals surface area contributed by atoms with E-state index in [0.717, 1.165) is 77.0 Å². The first-order valence-corrected chi connectivity index (χ1v) is 23.8. The molecule has 1 amide bonds. The highest BCUT2D eigenvalue weighted by Crippen LogP contribution is 2.18. The lowest BCUT2D eigenvalue weighted by Gasteiger charge is -2.18. The quantitative estimate of drug-likeness (QED) is 0.0322. The zero-order chi connectivity index (χ0) is 41.0. The van der Waals surface area contributed by atoms with Crippen LogP contribution in [0.25, 0.3) is 0 Å². The number of unbranched alkanes of at least 4 members (excludes halogenated alkanes) is 23. The number of nitrogens with one attached hydrogen (secondary N) is 1. The van der Waals surface area contributed by atoms with Crippen LogP contribution in [0.1, 0.15) is 239 Å². The van der Waals surface area contributed by atoms with Crippen LogP contribution in [0.15, 0.2) is 36.5 Å². The first-order valence-electron chi connectivity index (χ1n) is 23.8. The van der Waals surface area contributed by atoms with E-state index in [2.05, 4.69) is 55.6 Å². The number of carboxylic acid groups (broad SMARTS) is 1. The summed E-state index contributed by atoms with van der Waals surface area (Å²) in [5.41, 5.74) is 5.49. The molecular weight excluding hydrogens is 697 g/mol. The molecule has 7 heteroatoms. The minimum Gasteiger partial charge on any atom is -0.480 e. The second-order valence-corrected chi connectivity index (χ2v) is 16.2. The fourth-order valence-electron chi connectivity index (χ4n) is 7.07. The number of carbonyl (C=O) groups excluding carboxylic acids is 2. The van der Waals surface area contributed by atoms with Crippen LogP contribution in [0.2, 0.25) is 0 Å². The van der Waals surface area contributed by atoms with E-state index in [1.807, 2.05) is 0 Å². The summed E-state index contributed by atoms with van der Waals surface area (Å²) in [6.07, 6.45) is 51.9. The molecule has 0 aromatic carbocycles. The van der Waals surface area contributed by atoms with E-state index >= 15 is 0 Å². The average molecular weight is 787 g/mol. The summed E-state index contributed by atoms with van der Waals surface area (Å²) < 4.78 is 6.04. The molecule has 0 aliphatic rings. The van der Waals surface area contributed by atoms with Crippen LogP contribution < -0.4 is 11.1 Å². The van der Waals surface area contributed by atoms with Crippen LogP contribution >= 0.6 is 0 Å². The van der Waals surface area contributed by atoms with Crippen molar-refractivity contribution in [3.63, 3.8) is 0 Å². The molecule has 0 aliphatic heterocycles. The maximum absolute atomic E-state index is 12.8. The van der Waals surface area contributed by atoms with Gasteiger partial charge < -0.3 is 20.9 Å². The van der Waals surface area contributed by atoms with Gasteiger partial charge in [0.2, 0.25) is 5.91 Å². The summed E-state index contributed by atoms with van der Waals surface area (Å²) in [5, 5.41) is 12.0. The zero-order valence-electron chi connectivity index (χ0n) is 36.7. The number of nitrogens with two attached hydrogens (primary N) is 1. The van der Waals surface area contributed by atoms with Crippen LogP contribution in [0.4, 0.5) is 0 Å². The van der Waals surface area contributed by atoms with Crippen LogP contribution in [0, 0.1) is 0 Å². The van der Waals surface area contributed by atoms with Gasteiger partial charge in [-0.25, -0.2) is 4.79 Å². The van der Waals surface area contributed by atoms with E-state index in [-0.39, 0.29) is 18.0 Å². The summed E-state index contributed by atoms with van der Waals surface area (Å²) >= 11 is 0. The first-order chi connectivity index (χ1) is 27.4. The SMILES string of the molecule is CCCCCCC/C=C\C/C=C\CCCC(CCCCCCCC(=O)NC(CCCN)C(=O)O)OC(=O)CCCCCCCCC/C=C\CCCCCCCC. The molecule has 0 saturated carbocycles. The number of hydrogen-bond donors (Lipinski definition) is 3. The highest BCUT2D eigenvalue weighted by Gasteiger charge is 2.19. The van der Waals surface area contributed by atoms with Crippen LogP contribution in [0.3, 0.4) is 0 Å². The Morgan fingerprint density at radius 3 is 1.46 bits per heavy atom. The summed E-state index contributed by atoms with van der Waals surface area (Å²) in [6.45, 7) is 4.94. The van der Waals surface area contributed by atoms with Gasteiger partial charge in [-0.3, -0.25) is 9.59 Å². The van der Waals surface area contributed by atoms with Crippen LogP contribution in [-0.4, -0.2) is 41.6 Å². The van der Waals surface area contributed by atoms with Gasteiger partial charge in [0.15, 0.2) is 0 Å². The summed E-state index contributed by atoms with van der Waals surface area (Å²) in [5.74, 6) is -1.26. The molecule has 0 spiro atoms. The third kappa shape index (κ3) is 39.8. The summed E-state index contributed by atoms with van der Waals surface area (Å²) in [6, 6.07) is -0.861. The number of carboxylic acids is 1. The van der Waals surface area contributed by atoms with Crippen molar-refractivity contribution in [3.8, 4) is 0 Å². The van der Waals surface area contributed by atoms with E-state index < -0.39 is 12.0 Å². The molecule has 0 aliphatic carbocycles. The first kappa shape index (κ1) is 53.6. The van der Waals surface area contributed by atoms with Crippen molar-refractivity contribution in [2.45, 2.75) is 251 Å². The highest BCUT2D eigenvalue weighted by molar-refractivity contribution is 5.83. The molecule has 0 heterocycles. The molecule has 0 radical (unpaired) electrons. The monoisotopic (exact) mass is 787 g/mol. The molecule has 56 heavy (non-hydrogen) atoms. The maximum atomic E-state index is 12.8. The smallest absolute Gasteiger partial charge is 0.326 e. The van der Waals surface area contributed by atoms with Crippen molar-refractivity contribution in [2.24, 2.45) is 5.73 Å². The maximum Gasteiger partial charge on any atom is 0.326 e. The van der Waals surface area contributed by atoms with Crippen molar-refractivity contribution in [3.05, 3.63) is 36.5 Å². The predicted octanol–water partition coefficient (Wildman–Crippen LogP) is 13.8. The number of hydrogen-bond acceptors (Lipinski definition) is 5. The molecule has 0 aromatic rings. The average Bonchev–Trinajstić information content (AvgIpc) is 3.18.